The summed E-state index contributed by atoms with van der Waals surface area (Å²) in [6.07, 6.45) is 1.03. The van der Waals surface area contributed by atoms with Crippen LogP contribution in [0.1, 0.15) is 18.0 Å². The van der Waals surface area contributed by atoms with E-state index in [1.807, 2.05) is 6.07 Å². The highest BCUT2D eigenvalue weighted by Crippen LogP contribution is 2.34. The molecular formula is C12H18FN3. The van der Waals surface area contributed by atoms with E-state index in [4.69, 9.17) is 11.5 Å². The van der Waals surface area contributed by atoms with Crippen LogP contribution >= 0.6 is 0 Å². The van der Waals surface area contributed by atoms with Gasteiger partial charge < -0.3 is 11.5 Å². The Morgan fingerprint density at radius 1 is 1.50 bits per heavy atom. The minimum atomic E-state index is -0.347. The molecule has 1 aliphatic heterocycles. The molecule has 0 aromatic heterocycles. The molecule has 0 aliphatic carbocycles. The highest BCUT2D eigenvalue weighted by molar-refractivity contribution is 5.43. The molecule has 2 atom stereocenters. The third-order valence-corrected chi connectivity index (χ3v) is 3.37. The van der Waals surface area contributed by atoms with E-state index >= 15 is 0 Å². The first-order chi connectivity index (χ1) is 7.61. The van der Waals surface area contributed by atoms with Crippen LogP contribution in [0.3, 0.4) is 0 Å². The van der Waals surface area contributed by atoms with Gasteiger partial charge in [0, 0.05) is 12.6 Å². The first-order valence-corrected chi connectivity index (χ1v) is 5.57. The summed E-state index contributed by atoms with van der Waals surface area (Å²) in [5.74, 6) is 0.182. The summed E-state index contributed by atoms with van der Waals surface area (Å²) in [5.41, 5.74) is 12.6. The van der Waals surface area contributed by atoms with Crippen molar-refractivity contribution in [2.45, 2.75) is 12.5 Å². The number of benzene rings is 1. The topological polar surface area (TPSA) is 55.3 Å². The van der Waals surface area contributed by atoms with E-state index in [0.29, 0.717) is 18.5 Å². The summed E-state index contributed by atoms with van der Waals surface area (Å²) in [7, 11) is 2.07. The molecule has 0 amide bonds. The molecule has 0 radical (unpaired) electrons. The lowest BCUT2D eigenvalue weighted by Crippen LogP contribution is -2.20. The van der Waals surface area contributed by atoms with Gasteiger partial charge in [-0.1, -0.05) is 6.07 Å². The Labute approximate surface area is 95.2 Å². The SMILES string of the molecule is CN1CC(CN)CC1c1ccc(F)c(N)c1. The molecule has 1 fully saturated rings. The summed E-state index contributed by atoms with van der Waals surface area (Å²) >= 11 is 0. The summed E-state index contributed by atoms with van der Waals surface area (Å²) in [6, 6.07) is 5.30. The zero-order valence-electron chi connectivity index (χ0n) is 9.49. The van der Waals surface area contributed by atoms with Crippen molar-refractivity contribution in [3.63, 3.8) is 0 Å². The quantitative estimate of drug-likeness (QED) is 0.744. The van der Waals surface area contributed by atoms with Crippen LogP contribution in [0.2, 0.25) is 0 Å². The fraction of sp³-hybridized carbons (Fsp3) is 0.500. The number of hydrogen-bond acceptors (Lipinski definition) is 3. The van der Waals surface area contributed by atoms with Gasteiger partial charge in [-0.15, -0.1) is 0 Å². The number of hydrogen-bond donors (Lipinski definition) is 2. The molecule has 88 valence electrons. The Bertz CT molecular complexity index is 381. The second-order valence-corrected chi connectivity index (χ2v) is 4.57. The van der Waals surface area contributed by atoms with Gasteiger partial charge in [0.05, 0.1) is 5.69 Å². The Morgan fingerprint density at radius 2 is 2.25 bits per heavy atom. The molecule has 1 saturated heterocycles. The number of nitrogens with zero attached hydrogens (tertiary/aromatic N) is 1. The molecule has 1 aromatic carbocycles. The number of nitrogen functional groups attached to an aromatic ring is 1. The monoisotopic (exact) mass is 223 g/mol. The molecule has 0 spiro atoms. The first-order valence-electron chi connectivity index (χ1n) is 5.57. The third-order valence-electron chi connectivity index (χ3n) is 3.37. The van der Waals surface area contributed by atoms with Crippen LogP contribution in [0, 0.1) is 11.7 Å². The number of anilines is 1. The smallest absolute Gasteiger partial charge is 0.146 e. The zero-order chi connectivity index (χ0) is 11.7. The fourth-order valence-corrected chi connectivity index (χ4v) is 2.44. The zero-order valence-corrected chi connectivity index (χ0v) is 9.49. The van der Waals surface area contributed by atoms with E-state index < -0.39 is 0 Å². The van der Waals surface area contributed by atoms with Crippen LogP contribution in [0.15, 0.2) is 18.2 Å². The van der Waals surface area contributed by atoms with Gasteiger partial charge in [0.1, 0.15) is 5.82 Å². The van der Waals surface area contributed by atoms with Crippen LogP contribution in [0.5, 0.6) is 0 Å². The number of rotatable bonds is 2. The van der Waals surface area contributed by atoms with Gasteiger partial charge in [-0.3, -0.25) is 4.90 Å². The molecule has 4 N–H and O–H groups in total. The minimum absolute atomic E-state index is 0.224. The van der Waals surface area contributed by atoms with Gasteiger partial charge in [0.25, 0.3) is 0 Å². The average Bonchev–Trinajstić information content (AvgIpc) is 2.64. The predicted octanol–water partition coefficient (Wildman–Crippen LogP) is 1.36. The molecule has 0 saturated carbocycles. The Morgan fingerprint density at radius 3 is 2.81 bits per heavy atom. The predicted molar refractivity (Wildman–Crippen MR) is 63.3 cm³/mol. The van der Waals surface area contributed by atoms with E-state index in [0.717, 1.165) is 18.5 Å². The Balaban J connectivity index is 2.21. The Kier molecular flexibility index (Phi) is 3.12. The van der Waals surface area contributed by atoms with Crippen molar-refractivity contribution in [1.82, 2.24) is 4.90 Å². The molecule has 2 unspecified atom stereocenters. The fourth-order valence-electron chi connectivity index (χ4n) is 2.44. The van der Waals surface area contributed by atoms with E-state index in [1.165, 1.54) is 6.07 Å². The van der Waals surface area contributed by atoms with Crippen LogP contribution < -0.4 is 11.5 Å². The van der Waals surface area contributed by atoms with Gasteiger partial charge in [-0.05, 0) is 43.6 Å². The molecule has 1 heterocycles. The molecule has 0 bridgehead atoms. The molecule has 1 aromatic rings. The second kappa shape index (κ2) is 4.39. The lowest BCUT2D eigenvalue weighted by molar-refractivity contribution is 0.313. The highest BCUT2D eigenvalue weighted by Gasteiger charge is 2.29. The maximum absolute atomic E-state index is 13.1. The normalized spacial score (nSPS) is 26.2. The van der Waals surface area contributed by atoms with Crippen molar-refractivity contribution in [3.05, 3.63) is 29.6 Å². The van der Waals surface area contributed by atoms with Crippen molar-refractivity contribution in [2.75, 3.05) is 25.9 Å². The van der Waals surface area contributed by atoms with Crippen molar-refractivity contribution in [1.29, 1.82) is 0 Å². The molecular weight excluding hydrogens is 205 g/mol. The summed E-state index contributed by atoms with van der Waals surface area (Å²) in [4.78, 5) is 2.25. The molecule has 3 nitrogen and oxygen atoms in total. The van der Waals surface area contributed by atoms with E-state index in [2.05, 4.69) is 11.9 Å². The van der Waals surface area contributed by atoms with Gasteiger partial charge in [-0.2, -0.15) is 0 Å². The van der Waals surface area contributed by atoms with Gasteiger partial charge in [0.2, 0.25) is 0 Å². The average molecular weight is 223 g/mol. The Hall–Kier alpha value is -1.13. The lowest BCUT2D eigenvalue weighted by Gasteiger charge is -2.19. The van der Waals surface area contributed by atoms with Crippen LogP contribution in [-0.2, 0) is 0 Å². The van der Waals surface area contributed by atoms with Crippen molar-refractivity contribution >= 4 is 5.69 Å². The second-order valence-electron chi connectivity index (χ2n) is 4.57. The highest BCUT2D eigenvalue weighted by atomic mass is 19.1. The summed E-state index contributed by atoms with van der Waals surface area (Å²) in [5, 5.41) is 0. The maximum Gasteiger partial charge on any atom is 0.146 e. The van der Waals surface area contributed by atoms with Crippen LogP contribution in [0.25, 0.3) is 0 Å². The van der Waals surface area contributed by atoms with Crippen LogP contribution in [0.4, 0.5) is 10.1 Å². The first kappa shape index (κ1) is 11.4. The number of likely N-dealkylation sites (tertiary alicyclic amines) is 1. The van der Waals surface area contributed by atoms with E-state index in [9.17, 15) is 4.39 Å². The standard InChI is InChI=1S/C12H18FN3/c1-16-7-8(6-14)4-12(16)9-2-3-10(13)11(15)5-9/h2-3,5,8,12H,4,6-7,14-15H2,1H3. The molecule has 4 heteroatoms. The van der Waals surface area contributed by atoms with E-state index in [1.54, 1.807) is 6.07 Å². The van der Waals surface area contributed by atoms with Gasteiger partial charge >= 0.3 is 0 Å². The van der Waals surface area contributed by atoms with Gasteiger partial charge in [-0.25, -0.2) is 4.39 Å². The van der Waals surface area contributed by atoms with E-state index in [-0.39, 0.29) is 11.5 Å². The minimum Gasteiger partial charge on any atom is -0.396 e. The summed E-state index contributed by atoms with van der Waals surface area (Å²) < 4.78 is 13.1. The van der Waals surface area contributed by atoms with Crippen molar-refractivity contribution < 1.29 is 4.39 Å². The van der Waals surface area contributed by atoms with Crippen LogP contribution in [-0.4, -0.2) is 25.0 Å². The summed E-state index contributed by atoms with van der Waals surface area (Å²) in [6.45, 7) is 1.70. The maximum atomic E-state index is 13.1. The number of halogens is 1. The molecule has 1 aliphatic rings. The lowest BCUT2D eigenvalue weighted by atomic mass is 9.99. The molecule has 16 heavy (non-hydrogen) atoms. The third kappa shape index (κ3) is 2.03. The van der Waals surface area contributed by atoms with Crippen molar-refractivity contribution in [2.24, 2.45) is 11.7 Å². The molecule has 2 rings (SSSR count). The van der Waals surface area contributed by atoms with Gasteiger partial charge in [0.15, 0.2) is 0 Å². The van der Waals surface area contributed by atoms with Crippen molar-refractivity contribution in [3.8, 4) is 0 Å². The largest absolute Gasteiger partial charge is 0.396 e. The number of nitrogens with two attached hydrogens (primary N) is 2.